The van der Waals surface area contributed by atoms with E-state index in [1.807, 2.05) is 0 Å². The number of anilines is 2. The van der Waals surface area contributed by atoms with Crippen LogP contribution in [0.1, 0.15) is 46.1 Å². The number of halogens is 3. The van der Waals surface area contributed by atoms with Crippen LogP contribution in [0.5, 0.6) is 0 Å². The van der Waals surface area contributed by atoms with E-state index >= 15 is 0 Å². The van der Waals surface area contributed by atoms with Crippen molar-refractivity contribution in [3.63, 3.8) is 0 Å². The van der Waals surface area contributed by atoms with Crippen molar-refractivity contribution < 1.29 is 13.2 Å². The Bertz CT molecular complexity index is 534. The zero-order valence-corrected chi connectivity index (χ0v) is 13.4. The Kier molecular flexibility index (Phi) is 4.11. The molecule has 0 spiro atoms. The number of nitrogen functional groups attached to an aromatic ring is 1. The summed E-state index contributed by atoms with van der Waals surface area (Å²) in [4.78, 5) is 0. The Morgan fingerprint density at radius 2 is 1.68 bits per heavy atom. The van der Waals surface area contributed by atoms with E-state index in [0.717, 1.165) is 25.0 Å². The minimum atomic E-state index is -4.37. The predicted octanol–water partition coefficient (Wildman–Crippen LogP) is 4.01. The SMILES string of the molecule is CC1(C)CC(Nc2ccc(C(F)(F)F)cc2N)CC(C)(C)N1. The van der Waals surface area contributed by atoms with Crippen molar-refractivity contribution in [2.24, 2.45) is 0 Å². The predicted molar refractivity (Wildman–Crippen MR) is 83.8 cm³/mol. The molecule has 0 bridgehead atoms. The van der Waals surface area contributed by atoms with E-state index in [1.54, 1.807) is 0 Å². The first-order valence-corrected chi connectivity index (χ1v) is 7.41. The molecule has 0 aromatic heterocycles. The molecule has 0 atom stereocenters. The molecular formula is C16H24F3N3. The lowest BCUT2D eigenvalue weighted by molar-refractivity contribution is -0.137. The maximum Gasteiger partial charge on any atom is 0.416 e. The zero-order chi connectivity index (χ0) is 16.8. The van der Waals surface area contributed by atoms with Crippen LogP contribution in [0.2, 0.25) is 0 Å². The fourth-order valence-corrected chi connectivity index (χ4v) is 3.51. The first kappa shape index (κ1) is 16.9. The third kappa shape index (κ3) is 4.06. The summed E-state index contributed by atoms with van der Waals surface area (Å²) in [6.07, 6.45) is -2.63. The number of nitrogens with two attached hydrogens (primary N) is 1. The fraction of sp³-hybridized carbons (Fsp3) is 0.625. The third-order valence-electron chi connectivity index (χ3n) is 3.93. The summed E-state index contributed by atoms with van der Waals surface area (Å²) in [5, 5.41) is 6.88. The van der Waals surface area contributed by atoms with Crippen LogP contribution in [-0.4, -0.2) is 17.1 Å². The highest BCUT2D eigenvalue weighted by Crippen LogP contribution is 2.35. The normalized spacial score (nSPS) is 21.6. The number of alkyl halides is 3. The number of hydrogen-bond acceptors (Lipinski definition) is 3. The van der Waals surface area contributed by atoms with Crippen molar-refractivity contribution >= 4 is 11.4 Å². The molecule has 4 N–H and O–H groups in total. The summed E-state index contributed by atoms with van der Waals surface area (Å²) in [7, 11) is 0. The molecule has 0 saturated carbocycles. The van der Waals surface area contributed by atoms with Crippen LogP contribution in [0.3, 0.4) is 0 Å². The van der Waals surface area contributed by atoms with E-state index in [4.69, 9.17) is 5.73 Å². The van der Waals surface area contributed by atoms with E-state index in [9.17, 15) is 13.2 Å². The van der Waals surface area contributed by atoms with Gasteiger partial charge in [0.25, 0.3) is 0 Å². The number of nitrogens with one attached hydrogen (secondary N) is 2. The Hall–Kier alpha value is -1.43. The Labute approximate surface area is 129 Å². The van der Waals surface area contributed by atoms with Crippen LogP contribution in [-0.2, 0) is 6.18 Å². The van der Waals surface area contributed by atoms with Gasteiger partial charge in [0.2, 0.25) is 0 Å². The van der Waals surface area contributed by atoms with Gasteiger partial charge < -0.3 is 16.4 Å². The Morgan fingerprint density at radius 1 is 1.14 bits per heavy atom. The standard InChI is InChI=1S/C16H24F3N3/c1-14(2)8-11(9-15(3,4)22-14)21-13-6-5-10(7-12(13)20)16(17,18)19/h5-7,11,21-22H,8-9,20H2,1-4H3. The monoisotopic (exact) mass is 315 g/mol. The van der Waals surface area contributed by atoms with Gasteiger partial charge in [-0.1, -0.05) is 0 Å². The molecule has 0 aliphatic carbocycles. The topological polar surface area (TPSA) is 50.1 Å². The first-order valence-electron chi connectivity index (χ1n) is 7.41. The van der Waals surface area contributed by atoms with Crippen molar-refractivity contribution in [3.05, 3.63) is 23.8 Å². The molecule has 124 valence electrons. The molecule has 1 aliphatic heterocycles. The van der Waals surface area contributed by atoms with Gasteiger partial charge in [-0.15, -0.1) is 0 Å². The van der Waals surface area contributed by atoms with Gasteiger partial charge in [0.1, 0.15) is 0 Å². The molecule has 2 rings (SSSR count). The maximum absolute atomic E-state index is 12.7. The molecule has 1 aromatic carbocycles. The molecule has 22 heavy (non-hydrogen) atoms. The quantitative estimate of drug-likeness (QED) is 0.723. The minimum absolute atomic E-state index is 0.0416. The molecule has 3 nitrogen and oxygen atoms in total. The van der Waals surface area contributed by atoms with Crippen molar-refractivity contribution in [1.29, 1.82) is 0 Å². The van der Waals surface area contributed by atoms with Gasteiger partial charge in [0.05, 0.1) is 16.9 Å². The van der Waals surface area contributed by atoms with Crippen LogP contribution in [0.25, 0.3) is 0 Å². The van der Waals surface area contributed by atoms with E-state index in [-0.39, 0.29) is 22.8 Å². The summed E-state index contributed by atoms with van der Waals surface area (Å²) < 4.78 is 38.0. The highest BCUT2D eigenvalue weighted by atomic mass is 19.4. The summed E-state index contributed by atoms with van der Waals surface area (Å²) in [5.41, 5.74) is 5.68. The van der Waals surface area contributed by atoms with Gasteiger partial charge in [-0.05, 0) is 58.7 Å². The largest absolute Gasteiger partial charge is 0.416 e. The van der Waals surface area contributed by atoms with E-state index < -0.39 is 11.7 Å². The number of hydrogen-bond donors (Lipinski definition) is 3. The molecule has 1 fully saturated rings. The van der Waals surface area contributed by atoms with Gasteiger partial charge in [-0.2, -0.15) is 13.2 Å². The molecular weight excluding hydrogens is 291 g/mol. The fourth-order valence-electron chi connectivity index (χ4n) is 3.51. The number of rotatable bonds is 2. The van der Waals surface area contributed by atoms with Crippen molar-refractivity contribution in [2.45, 2.75) is 63.8 Å². The van der Waals surface area contributed by atoms with E-state index in [0.29, 0.717) is 5.69 Å². The second kappa shape index (κ2) is 5.33. The second-order valence-corrected chi connectivity index (χ2v) is 7.44. The molecule has 1 heterocycles. The zero-order valence-electron chi connectivity index (χ0n) is 13.4. The van der Waals surface area contributed by atoms with Crippen LogP contribution in [0.4, 0.5) is 24.5 Å². The lowest BCUT2D eigenvalue weighted by Crippen LogP contribution is -2.60. The van der Waals surface area contributed by atoms with Gasteiger partial charge in [0, 0.05) is 17.1 Å². The maximum atomic E-state index is 12.7. The Balaban J connectivity index is 2.17. The lowest BCUT2D eigenvalue weighted by Gasteiger charge is -2.47. The highest BCUT2D eigenvalue weighted by molar-refractivity contribution is 5.67. The molecule has 1 aliphatic rings. The highest BCUT2D eigenvalue weighted by Gasteiger charge is 2.38. The van der Waals surface area contributed by atoms with Crippen molar-refractivity contribution in [3.8, 4) is 0 Å². The van der Waals surface area contributed by atoms with Crippen LogP contribution < -0.4 is 16.4 Å². The molecule has 1 aromatic rings. The van der Waals surface area contributed by atoms with E-state index in [1.165, 1.54) is 6.07 Å². The van der Waals surface area contributed by atoms with Crippen LogP contribution in [0, 0.1) is 0 Å². The van der Waals surface area contributed by atoms with Gasteiger partial charge in [-0.3, -0.25) is 0 Å². The minimum Gasteiger partial charge on any atom is -0.397 e. The Morgan fingerprint density at radius 3 is 2.14 bits per heavy atom. The van der Waals surface area contributed by atoms with Crippen LogP contribution >= 0.6 is 0 Å². The smallest absolute Gasteiger partial charge is 0.397 e. The molecule has 6 heteroatoms. The number of benzene rings is 1. The van der Waals surface area contributed by atoms with Crippen LogP contribution in [0.15, 0.2) is 18.2 Å². The summed E-state index contributed by atoms with van der Waals surface area (Å²) in [5.74, 6) is 0. The van der Waals surface area contributed by atoms with Gasteiger partial charge in [0.15, 0.2) is 0 Å². The number of piperidine rings is 1. The third-order valence-corrected chi connectivity index (χ3v) is 3.93. The summed E-state index contributed by atoms with van der Waals surface area (Å²) in [6.45, 7) is 8.49. The molecule has 0 unspecified atom stereocenters. The summed E-state index contributed by atoms with van der Waals surface area (Å²) in [6, 6.07) is 3.63. The van der Waals surface area contributed by atoms with Crippen molar-refractivity contribution in [2.75, 3.05) is 11.1 Å². The van der Waals surface area contributed by atoms with E-state index in [2.05, 4.69) is 38.3 Å². The first-order chi connectivity index (χ1) is 9.88. The molecule has 1 saturated heterocycles. The summed E-state index contributed by atoms with van der Waals surface area (Å²) >= 11 is 0. The molecule has 0 amide bonds. The van der Waals surface area contributed by atoms with Gasteiger partial charge >= 0.3 is 6.18 Å². The van der Waals surface area contributed by atoms with Crippen molar-refractivity contribution in [1.82, 2.24) is 5.32 Å². The second-order valence-electron chi connectivity index (χ2n) is 7.44. The molecule has 0 radical (unpaired) electrons. The van der Waals surface area contributed by atoms with Gasteiger partial charge in [-0.25, -0.2) is 0 Å². The average Bonchev–Trinajstić information content (AvgIpc) is 2.26. The average molecular weight is 315 g/mol. The lowest BCUT2D eigenvalue weighted by atomic mass is 9.79.